The highest BCUT2D eigenvalue weighted by molar-refractivity contribution is 4.83. The largest absolute Gasteiger partial charge is 0.296 e. The van der Waals surface area contributed by atoms with Crippen LogP contribution in [0.25, 0.3) is 0 Å². The van der Waals surface area contributed by atoms with Gasteiger partial charge in [0.2, 0.25) is 0 Å². The van der Waals surface area contributed by atoms with Crippen molar-refractivity contribution < 1.29 is 0 Å². The third-order valence-corrected chi connectivity index (χ3v) is 3.43. The van der Waals surface area contributed by atoms with E-state index in [0.717, 1.165) is 5.92 Å². The summed E-state index contributed by atoms with van der Waals surface area (Å²) >= 11 is 0. The molecule has 1 atom stereocenters. The smallest absolute Gasteiger partial charge is 0.0127 e. The molecule has 0 aliphatic heterocycles. The van der Waals surface area contributed by atoms with Gasteiger partial charge in [0.05, 0.1) is 0 Å². The minimum absolute atomic E-state index is 0.272. The van der Waals surface area contributed by atoms with Crippen LogP contribution in [0.2, 0.25) is 0 Å². The number of rotatable bonds is 3. The third kappa shape index (κ3) is 5.01. The predicted molar refractivity (Wildman–Crippen MR) is 70.2 cm³/mol. The molecule has 15 heavy (non-hydrogen) atoms. The van der Waals surface area contributed by atoms with Gasteiger partial charge in [0, 0.05) is 18.1 Å². The van der Waals surface area contributed by atoms with Gasteiger partial charge in [0.25, 0.3) is 0 Å². The normalized spacial score (nSPS) is 16.2. The Morgan fingerprint density at radius 3 is 1.47 bits per heavy atom. The van der Waals surface area contributed by atoms with Gasteiger partial charge in [-0.1, -0.05) is 27.7 Å². The van der Waals surface area contributed by atoms with E-state index in [4.69, 9.17) is 0 Å². The first-order valence-electron chi connectivity index (χ1n) is 6.23. The third-order valence-electron chi connectivity index (χ3n) is 3.43. The van der Waals surface area contributed by atoms with E-state index in [1.165, 1.54) is 6.54 Å². The van der Waals surface area contributed by atoms with Gasteiger partial charge in [-0.15, -0.1) is 0 Å². The SMILES string of the molecule is CC(C)N(CC(C)C(C)(C)C)C(C)(C)C. The molecule has 0 aliphatic rings. The Labute approximate surface area is 97.2 Å². The quantitative estimate of drug-likeness (QED) is 0.680. The van der Waals surface area contributed by atoms with Gasteiger partial charge >= 0.3 is 0 Å². The molecule has 1 heteroatoms. The Morgan fingerprint density at radius 2 is 1.27 bits per heavy atom. The zero-order valence-electron chi connectivity index (χ0n) is 12.3. The lowest BCUT2D eigenvalue weighted by Gasteiger charge is -2.43. The Morgan fingerprint density at radius 1 is 0.867 bits per heavy atom. The molecule has 0 aromatic heterocycles. The Kier molecular flexibility index (Phi) is 4.85. The van der Waals surface area contributed by atoms with Crippen LogP contribution in [0.1, 0.15) is 62.3 Å². The maximum Gasteiger partial charge on any atom is 0.0127 e. The Bertz CT molecular complexity index is 180. The predicted octanol–water partition coefficient (Wildman–Crippen LogP) is 4.18. The summed E-state index contributed by atoms with van der Waals surface area (Å²) in [5, 5.41) is 0. The van der Waals surface area contributed by atoms with Gasteiger partial charge in [-0.2, -0.15) is 0 Å². The molecule has 0 rings (SSSR count). The van der Waals surface area contributed by atoms with Crippen LogP contribution in [0.15, 0.2) is 0 Å². The van der Waals surface area contributed by atoms with Crippen molar-refractivity contribution in [3.05, 3.63) is 0 Å². The van der Waals surface area contributed by atoms with Crippen LogP contribution in [0.3, 0.4) is 0 Å². The molecule has 0 saturated carbocycles. The number of nitrogens with zero attached hydrogens (tertiary/aromatic N) is 1. The van der Waals surface area contributed by atoms with Crippen molar-refractivity contribution in [2.75, 3.05) is 6.54 Å². The fourth-order valence-corrected chi connectivity index (χ4v) is 1.83. The van der Waals surface area contributed by atoms with Crippen LogP contribution < -0.4 is 0 Å². The molecule has 1 unspecified atom stereocenters. The minimum Gasteiger partial charge on any atom is -0.296 e. The van der Waals surface area contributed by atoms with Crippen molar-refractivity contribution >= 4 is 0 Å². The number of hydrogen-bond donors (Lipinski definition) is 0. The molecule has 0 aromatic carbocycles. The van der Waals surface area contributed by atoms with Crippen molar-refractivity contribution in [2.24, 2.45) is 11.3 Å². The summed E-state index contributed by atoms with van der Waals surface area (Å²) in [6, 6.07) is 0.620. The Balaban J connectivity index is 4.58. The minimum atomic E-state index is 0.272. The molecule has 0 amide bonds. The summed E-state index contributed by atoms with van der Waals surface area (Å²) in [6.45, 7) is 22.1. The van der Waals surface area contributed by atoms with E-state index in [2.05, 4.69) is 67.2 Å². The van der Waals surface area contributed by atoms with Crippen molar-refractivity contribution in [1.29, 1.82) is 0 Å². The summed E-state index contributed by atoms with van der Waals surface area (Å²) in [4.78, 5) is 2.60. The van der Waals surface area contributed by atoms with E-state index in [1.54, 1.807) is 0 Å². The molecule has 1 nitrogen and oxygen atoms in total. The van der Waals surface area contributed by atoms with E-state index in [9.17, 15) is 0 Å². The first-order chi connectivity index (χ1) is 6.46. The molecule has 0 N–H and O–H groups in total. The molecular formula is C14H31N. The highest BCUT2D eigenvalue weighted by Gasteiger charge is 2.29. The molecule has 0 fully saturated rings. The molecular weight excluding hydrogens is 182 g/mol. The van der Waals surface area contributed by atoms with Crippen molar-refractivity contribution in [1.82, 2.24) is 4.90 Å². The molecule has 0 heterocycles. The fraction of sp³-hybridized carbons (Fsp3) is 1.00. The lowest BCUT2D eigenvalue weighted by atomic mass is 9.81. The molecule has 0 bridgehead atoms. The first-order valence-corrected chi connectivity index (χ1v) is 6.23. The van der Waals surface area contributed by atoms with Gasteiger partial charge in [-0.25, -0.2) is 0 Å². The van der Waals surface area contributed by atoms with E-state index in [0.29, 0.717) is 11.5 Å². The zero-order chi connectivity index (χ0) is 12.4. The van der Waals surface area contributed by atoms with Crippen LogP contribution in [-0.2, 0) is 0 Å². The van der Waals surface area contributed by atoms with E-state index < -0.39 is 0 Å². The van der Waals surface area contributed by atoms with Crippen LogP contribution in [0, 0.1) is 11.3 Å². The van der Waals surface area contributed by atoms with E-state index in [1.807, 2.05) is 0 Å². The summed E-state index contributed by atoms with van der Waals surface area (Å²) in [6.07, 6.45) is 0. The topological polar surface area (TPSA) is 3.24 Å². The summed E-state index contributed by atoms with van der Waals surface area (Å²) < 4.78 is 0. The summed E-state index contributed by atoms with van der Waals surface area (Å²) in [7, 11) is 0. The lowest BCUT2D eigenvalue weighted by molar-refractivity contribution is 0.0559. The molecule has 0 saturated heterocycles. The molecule has 92 valence electrons. The average Bonchev–Trinajstić information content (AvgIpc) is 1.94. The van der Waals surface area contributed by atoms with Crippen molar-refractivity contribution in [2.45, 2.75) is 73.9 Å². The van der Waals surface area contributed by atoms with Crippen molar-refractivity contribution in [3.63, 3.8) is 0 Å². The van der Waals surface area contributed by atoms with Crippen LogP contribution in [0.5, 0.6) is 0 Å². The van der Waals surface area contributed by atoms with Gasteiger partial charge in [0.15, 0.2) is 0 Å². The maximum atomic E-state index is 2.60. The standard InChI is InChI=1S/C14H31N/c1-11(2)15(14(7,8)9)10-12(3)13(4,5)6/h11-12H,10H2,1-9H3. The second-order valence-electron chi connectivity index (χ2n) is 7.18. The van der Waals surface area contributed by atoms with Gasteiger partial charge in [0.1, 0.15) is 0 Å². The summed E-state index contributed by atoms with van der Waals surface area (Å²) in [5.41, 5.74) is 0.673. The summed E-state index contributed by atoms with van der Waals surface area (Å²) in [5.74, 6) is 0.721. The van der Waals surface area contributed by atoms with E-state index >= 15 is 0 Å². The van der Waals surface area contributed by atoms with Crippen LogP contribution in [-0.4, -0.2) is 23.0 Å². The van der Waals surface area contributed by atoms with Gasteiger partial charge in [-0.3, -0.25) is 4.90 Å². The molecule has 0 aromatic rings. The maximum absolute atomic E-state index is 2.60. The van der Waals surface area contributed by atoms with Crippen molar-refractivity contribution in [3.8, 4) is 0 Å². The van der Waals surface area contributed by atoms with Gasteiger partial charge < -0.3 is 0 Å². The Hall–Kier alpha value is -0.0400. The fourth-order valence-electron chi connectivity index (χ4n) is 1.83. The van der Waals surface area contributed by atoms with E-state index in [-0.39, 0.29) is 5.54 Å². The molecule has 0 aliphatic carbocycles. The van der Waals surface area contributed by atoms with Gasteiger partial charge in [-0.05, 0) is 46.0 Å². The highest BCUT2D eigenvalue weighted by Crippen LogP contribution is 2.29. The second-order valence-corrected chi connectivity index (χ2v) is 7.18. The van der Waals surface area contributed by atoms with Crippen LogP contribution >= 0.6 is 0 Å². The molecule has 0 spiro atoms. The zero-order valence-corrected chi connectivity index (χ0v) is 12.3. The first kappa shape index (κ1) is 15.0. The average molecular weight is 213 g/mol. The molecule has 0 radical (unpaired) electrons. The van der Waals surface area contributed by atoms with Crippen LogP contribution in [0.4, 0.5) is 0 Å². The second kappa shape index (κ2) is 4.86. The number of hydrogen-bond acceptors (Lipinski definition) is 1. The monoisotopic (exact) mass is 213 g/mol. The highest BCUT2D eigenvalue weighted by atomic mass is 15.2. The lowest BCUT2D eigenvalue weighted by Crippen LogP contribution is -2.49.